The Balaban J connectivity index is 2.23. The van der Waals surface area contributed by atoms with Gasteiger partial charge >= 0.3 is 11.9 Å². The van der Waals surface area contributed by atoms with Gasteiger partial charge in [0.25, 0.3) is 0 Å². The zero-order valence-corrected chi connectivity index (χ0v) is 11.0. The molecular weight excluding hydrogens is 218 g/mol. The van der Waals surface area contributed by atoms with E-state index in [1.165, 1.54) is 0 Å². The molecule has 0 aromatic heterocycles. The van der Waals surface area contributed by atoms with Crippen molar-refractivity contribution in [3.8, 4) is 0 Å². The van der Waals surface area contributed by atoms with E-state index in [1.807, 2.05) is 0 Å². The molecule has 1 rings (SSSR count). The highest BCUT2D eigenvalue weighted by Crippen LogP contribution is 2.19. The second-order valence-electron chi connectivity index (χ2n) is 5.74. The zero-order valence-electron chi connectivity index (χ0n) is 11.0. The van der Waals surface area contributed by atoms with Crippen molar-refractivity contribution in [3.05, 3.63) is 0 Å². The van der Waals surface area contributed by atoms with Crippen molar-refractivity contribution in [2.24, 2.45) is 11.3 Å². The van der Waals surface area contributed by atoms with Crippen LogP contribution in [0.2, 0.25) is 0 Å². The molecule has 4 heteroatoms. The van der Waals surface area contributed by atoms with Crippen LogP contribution in [0, 0.1) is 11.3 Å². The summed E-state index contributed by atoms with van der Waals surface area (Å²) in [5.74, 6) is -0.232. The van der Waals surface area contributed by atoms with Gasteiger partial charge in [-0.1, -0.05) is 0 Å². The molecule has 1 aliphatic rings. The highest BCUT2D eigenvalue weighted by molar-refractivity contribution is 5.88. The molecule has 0 bridgehead atoms. The molecule has 17 heavy (non-hydrogen) atoms. The van der Waals surface area contributed by atoms with Gasteiger partial charge in [-0.25, -0.2) is 0 Å². The van der Waals surface area contributed by atoms with Gasteiger partial charge in [-0.05, 0) is 59.0 Å². The van der Waals surface area contributed by atoms with E-state index in [2.05, 4.69) is 5.32 Å². The number of nitrogens with one attached hydrogen (secondary N) is 1. The third-order valence-corrected chi connectivity index (χ3v) is 3.03. The lowest BCUT2D eigenvalue weighted by atomic mass is 9.93. The van der Waals surface area contributed by atoms with E-state index in [1.54, 1.807) is 20.8 Å². The highest BCUT2D eigenvalue weighted by Gasteiger charge is 2.26. The third kappa shape index (κ3) is 5.31. The number of esters is 2. The normalized spacial score (nSPS) is 17.8. The molecule has 0 amide bonds. The Morgan fingerprint density at radius 3 is 2.35 bits per heavy atom. The number of ether oxygens (including phenoxy) is 1. The predicted octanol–water partition coefficient (Wildman–Crippen LogP) is 1.88. The van der Waals surface area contributed by atoms with E-state index in [9.17, 15) is 9.59 Å². The van der Waals surface area contributed by atoms with Crippen LogP contribution in [0.5, 0.6) is 0 Å². The molecular formula is C13H23NO3. The van der Waals surface area contributed by atoms with Gasteiger partial charge in [0.1, 0.15) is 0 Å². The Morgan fingerprint density at radius 1 is 1.24 bits per heavy atom. The lowest BCUT2D eigenvalue weighted by molar-refractivity contribution is -0.165. The van der Waals surface area contributed by atoms with Crippen LogP contribution in [0.15, 0.2) is 0 Å². The van der Waals surface area contributed by atoms with Gasteiger partial charge in [0.15, 0.2) is 0 Å². The van der Waals surface area contributed by atoms with Gasteiger partial charge in [0.05, 0.1) is 5.41 Å². The van der Waals surface area contributed by atoms with Crippen LogP contribution in [0.25, 0.3) is 0 Å². The van der Waals surface area contributed by atoms with Crippen molar-refractivity contribution in [1.29, 1.82) is 0 Å². The van der Waals surface area contributed by atoms with Crippen LogP contribution in [-0.4, -0.2) is 25.0 Å². The molecule has 1 saturated heterocycles. The van der Waals surface area contributed by atoms with E-state index in [-0.39, 0.29) is 5.97 Å². The molecule has 0 aliphatic carbocycles. The Bertz CT molecular complexity index is 275. The van der Waals surface area contributed by atoms with Crippen LogP contribution in [0.3, 0.4) is 0 Å². The van der Waals surface area contributed by atoms with Crippen molar-refractivity contribution in [1.82, 2.24) is 5.32 Å². The van der Waals surface area contributed by atoms with Crippen LogP contribution in [0.1, 0.15) is 46.5 Å². The second-order valence-corrected chi connectivity index (χ2v) is 5.74. The summed E-state index contributed by atoms with van der Waals surface area (Å²) in [5, 5.41) is 3.28. The Labute approximate surface area is 103 Å². The standard InChI is InChI=1S/C13H23NO3/c1-13(2,3)12(16)17-11(15)5-4-10-6-8-14-9-7-10/h10,14H,4-9H2,1-3H3. The maximum atomic E-state index is 11.5. The minimum absolute atomic E-state index is 0.354. The molecule has 98 valence electrons. The number of piperidine rings is 1. The molecule has 0 aromatic rings. The van der Waals surface area contributed by atoms with Crippen molar-refractivity contribution in [2.45, 2.75) is 46.5 Å². The average molecular weight is 241 g/mol. The van der Waals surface area contributed by atoms with Crippen molar-refractivity contribution in [3.63, 3.8) is 0 Å². The fraction of sp³-hybridized carbons (Fsp3) is 0.846. The van der Waals surface area contributed by atoms with Gasteiger partial charge in [0, 0.05) is 6.42 Å². The summed E-state index contributed by atoms with van der Waals surface area (Å²) in [6.07, 6.45) is 3.41. The summed E-state index contributed by atoms with van der Waals surface area (Å²) >= 11 is 0. The molecule has 1 fully saturated rings. The van der Waals surface area contributed by atoms with Gasteiger partial charge in [-0.3, -0.25) is 9.59 Å². The minimum Gasteiger partial charge on any atom is -0.393 e. The van der Waals surface area contributed by atoms with Crippen LogP contribution in [0.4, 0.5) is 0 Å². The fourth-order valence-corrected chi connectivity index (χ4v) is 1.80. The highest BCUT2D eigenvalue weighted by atomic mass is 16.6. The molecule has 0 spiro atoms. The van der Waals surface area contributed by atoms with Gasteiger partial charge in [-0.15, -0.1) is 0 Å². The average Bonchev–Trinajstić information content (AvgIpc) is 2.26. The van der Waals surface area contributed by atoms with Crippen LogP contribution >= 0.6 is 0 Å². The number of carbonyl (C=O) groups excluding carboxylic acids is 2. The first-order chi connectivity index (χ1) is 7.89. The van der Waals surface area contributed by atoms with Crippen molar-refractivity contribution >= 4 is 11.9 Å². The number of hydrogen-bond donors (Lipinski definition) is 1. The van der Waals surface area contributed by atoms with E-state index >= 15 is 0 Å². The SMILES string of the molecule is CC(C)(C)C(=O)OC(=O)CCC1CCNCC1. The predicted molar refractivity (Wildman–Crippen MR) is 65.4 cm³/mol. The van der Waals surface area contributed by atoms with E-state index in [4.69, 9.17) is 4.74 Å². The summed E-state index contributed by atoms with van der Waals surface area (Å²) < 4.78 is 4.81. The Morgan fingerprint density at radius 2 is 1.82 bits per heavy atom. The number of rotatable bonds is 3. The van der Waals surface area contributed by atoms with Crippen LogP contribution < -0.4 is 5.32 Å². The molecule has 0 saturated carbocycles. The molecule has 0 unspecified atom stereocenters. The molecule has 1 heterocycles. The van der Waals surface area contributed by atoms with Gasteiger partial charge in [0.2, 0.25) is 0 Å². The first-order valence-electron chi connectivity index (χ1n) is 6.35. The summed E-state index contributed by atoms with van der Waals surface area (Å²) in [7, 11) is 0. The Kier molecular flexibility index (Phi) is 5.12. The first kappa shape index (κ1) is 14.2. The molecule has 0 radical (unpaired) electrons. The second kappa shape index (κ2) is 6.15. The lowest BCUT2D eigenvalue weighted by Gasteiger charge is -2.22. The summed E-state index contributed by atoms with van der Waals surface area (Å²) in [5.41, 5.74) is -0.607. The largest absolute Gasteiger partial charge is 0.393 e. The first-order valence-corrected chi connectivity index (χ1v) is 6.35. The number of hydrogen-bond acceptors (Lipinski definition) is 4. The van der Waals surface area contributed by atoms with E-state index < -0.39 is 11.4 Å². The molecule has 0 atom stereocenters. The summed E-state index contributed by atoms with van der Waals surface area (Å²) in [6.45, 7) is 7.29. The van der Waals surface area contributed by atoms with Gasteiger partial charge in [-0.2, -0.15) is 0 Å². The van der Waals surface area contributed by atoms with Crippen LogP contribution in [-0.2, 0) is 14.3 Å². The minimum atomic E-state index is -0.607. The van der Waals surface area contributed by atoms with Gasteiger partial charge < -0.3 is 10.1 Å². The Hall–Kier alpha value is -0.900. The molecule has 1 N–H and O–H groups in total. The van der Waals surface area contributed by atoms with E-state index in [0.29, 0.717) is 12.3 Å². The quantitative estimate of drug-likeness (QED) is 0.605. The zero-order chi connectivity index (χ0) is 12.9. The monoisotopic (exact) mass is 241 g/mol. The summed E-state index contributed by atoms with van der Waals surface area (Å²) in [6, 6.07) is 0. The van der Waals surface area contributed by atoms with Crippen molar-refractivity contribution in [2.75, 3.05) is 13.1 Å². The molecule has 4 nitrogen and oxygen atoms in total. The maximum Gasteiger partial charge on any atom is 0.318 e. The van der Waals surface area contributed by atoms with Crippen molar-refractivity contribution < 1.29 is 14.3 Å². The number of carbonyl (C=O) groups is 2. The molecule has 0 aromatic carbocycles. The summed E-state index contributed by atoms with van der Waals surface area (Å²) in [4.78, 5) is 23.0. The van der Waals surface area contributed by atoms with E-state index in [0.717, 1.165) is 32.4 Å². The molecule has 1 aliphatic heterocycles. The third-order valence-electron chi connectivity index (χ3n) is 3.03. The fourth-order valence-electron chi connectivity index (χ4n) is 1.80. The maximum absolute atomic E-state index is 11.5. The smallest absolute Gasteiger partial charge is 0.318 e. The topological polar surface area (TPSA) is 55.4 Å². The lowest BCUT2D eigenvalue weighted by Crippen LogP contribution is -2.29.